The van der Waals surface area contributed by atoms with Gasteiger partial charge in [-0.15, -0.1) is 0 Å². The fraction of sp³-hybridized carbons (Fsp3) is 0.400. The lowest BCUT2D eigenvalue weighted by Gasteiger charge is -2.22. The Balaban J connectivity index is 1.91. The minimum atomic E-state index is -0.780. The summed E-state index contributed by atoms with van der Waals surface area (Å²) in [7, 11) is 3.10. The maximum Gasteiger partial charge on any atom is 0.244 e. The molecular weight excluding hydrogens is 438 g/mol. The van der Waals surface area contributed by atoms with Crippen molar-refractivity contribution < 1.29 is 29.1 Å². The summed E-state index contributed by atoms with van der Waals surface area (Å²) in [6, 6.07) is 15.8. The first-order valence-corrected chi connectivity index (χ1v) is 11.2. The van der Waals surface area contributed by atoms with Gasteiger partial charge in [-0.3, -0.25) is 19.6 Å². The maximum atomic E-state index is 13.0. The molecule has 0 spiro atoms. The number of nitrogens with one attached hydrogen (secondary N) is 3. The predicted molar refractivity (Wildman–Crippen MR) is 127 cm³/mol. The molecule has 9 nitrogen and oxygen atoms in total. The van der Waals surface area contributed by atoms with E-state index in [4.69, 9.17) is 14.7 Å². The Labute approximate surface area is 199 Å². The standard InChI is InChI=1S/C25H33N3O6/c1-26-25(31)22(16-18-8-4-3-5-9-18)27-24(30)19(17-23(29)28-32)10-6-7-15-34-21-13-11-20(33-2)12-14-21/h3-5,8-9,11-14,19,22,32H,6-7,10,15-17H2,1-2H3,(H,26,31)(H,27,30)(H,28,29)/t19-,22+/m1/s1. The van der Waals surface area contributed by atoms with Gasteiger partial charge in [0.1, 0.15) is 17.5 Å². The van der Waals surface area contributed by atoms with Gasteiger partial charge in [0.05, 0.1) is 13.7 Å². The summed E-state index contributed by atoms with van der Waals surface area (Å²) in [6.07, 6.45) is 1.82. The summed E-state index contributed by atoms with van der Waals surface area (Å²) in [5, 5.41) is 14.3. The number of amides is 3. The summed E-state index contributed by atoms with van der Waals surface area (Å²) in [6.45, 7) is 0.446. The monoisotopic (exact) mass is 471 g/mol. The zero-order valence-electron chi connectivity index (χ0n) is 19.6. The smallest absolute Gasteiger partial charge is 0.244 e. The van der Waals surface area contributed by atoms with Crippen LogP contribution in [0.4, 0.5) is 0 Å². The molecule has 184 valence electrons. The average molecular weight is 472 g/mol. The molecule has 0 unspecified atom stereocenters. The van der Waals surface area contributed by atoms with E-state index in [0.717, 1.165) is 11.3 Å². The van der Waals surface area contributed by atoms with Gasteiger partial charge >= 0.3 is 0 Å². The van der Waals surface area contributed by atoms with Gasteiger partial charge in [-0.1, -0.05) is 30.3 Å². The summed E-state index contributed by atoms with van der Waals surface area (Å²) in [5.41, 5.74) is 2.48. The molecule has 0 fully saturated rings. The topological polar surface area (TPSA) is 126 Å². The molecule has 3 amide bonds. The molecule has 0 radical (unpaired) electrons. The van der Waals surface area contributed by atoms with Crippen molar-refractivity contribution >= 4 is 17.7 Å². The molecule has 0 bridgehead atoms. The van der Waals surface area contributed by atoms with E-state index in [1.807, 2.05) is 54.6 Å². The number of rotatable bonds is 14. The third-order valence-electron chi connectivity index (χ3n) is 5.36. The van der Waals surface area contributed by atoms with Crippen LogP contribution in [0.25, 0.3) is 0 Å². The lowest BCUT2D eigenvalue weighted by Crippen LogP contribution is -2.49. The molecule has 0 aliphatic heterocycles. The normalized spacial score (nSPS) is 12.2. The SMILES string of the molecule is CNC(=O)[C@H](Cc1ccccc1)NC(=O)[C@H](CCCCOc1ccc(OC)cc1)CC(=O)NO. The molecule has 4 N–H and O–H groups in total. The van der Waals surface area contributed by atoms with E-state index in [2.05, 4.69) is 10.6 Å². The van der Waals surface area contributed by atoms with Crippen molar-refractivity contribution in [3.05, 3.63) is 60.2 Å². The van der Waals surface area contributed by atoms with Crippen LogP contribution in [0, 0.1) is 5.92 Å². The Kier molecular flexibility index (Phi) is 11.4. The highest BCUT2D eigenvalue weighted by Gasteiger charge is 2.26. The first-order chi connectivity index (χ1) is 16.5. The molecule has 0 aromatic heterocycles. The van der Waals surface area contributed by atoms with Crippen molar-refractivity contribution in [2.45, 2.75) is 38.1 Å². The van der Waals surface area contributed by atoms with Crippen LogP contribution in [-0.2, 0) is 20.8 Å². The Hall–Kier alpha value is -3.59. The van der Waals surface area contributed by atoms with Gasteiger partial charge in [-0.05, 0) is 49.1 Å². The molecule has 2 aromatic carbocycles. The molecule has 0 aliphatic carbocycles. The second-order valence-corrected chi connectivity index (χ2v) is 7.82. The van der Waals surface area contributed by atoms with E-state index in [-0.39, 0.29) is 12.3 Å². The van der Waals surface area contributed by atoms with Crippen molar-refractivity contribution in [2.75, 3.05) is 20.8 Å². The van der Waals surface area contributed by atoms with E-state index in [9.17, 15) is 14.4 Å². The maximum absolute atomic E-state index is 13.0. The number of carbonyl (C=O) groups excluding carboxylic acids is 3. The third kappa shape index (κ3) is 9.11. The van der Waals surface area contributed by atoms with Gasteiger partial charge in [0.15, 0.2) is 0 Å². The molecule has 34 heavy (non-hydrogen) atoms. The Morgan fingerprint density at radius 2 is 1.62 bits per heavy atom. The molecule has 2 atom stereocenters. The number of hydrogen-bond acceptors (Lipinski definition) is 6. The molecule has 2 rings (SSSR count). The van der Waals surface area contributed by atoms with Crippen molar-refractivity contribution in [3.8, 4) is 11.5 Å². The molecule has 0 aliphatic rings. The number of carbonyl (C=O) groups is 3. The minimum Gasteiger partial charge on any atom is -0.497 e. The van der Waals surface area contributed by atoms with Crippen molar-refractivity contribution in [3.63, 3.8) is 0 Å². The number of benzene rings is 2. The second-order valence-electron chi connectivity index (χ2n) is 7.82. The van der Waals surface area contributed by atoms with Crippen molar-refractivity contribution in [1.82, 2.24) is 16.1 Å². The molecule has 0 heterocycles. The first-order valence-electron chi connectivity index (χ1n) is 11.2. The van der Waals surface area contributed by atoms with Crippen molar-refractivity contribution in [1.29, 1.82) is 0 Å². The first kappa shape index (κ1) is 26.7. The Morgan fingerprint density at radius 3 is 2.24 bits per heavy atom. The highest BCUT2D eigenvalue weighted by Crippen LogP contribution is 2.18. The number of ether oxygens (including phenoxy) is 2. The quantitative estimate of drug-likeness (QED) is 0.190. The van der Waals surface area contributed by atoms with Crippen LogP contribution < -0.4 is 25.6 Å². The molecule has 2 aromatic rings. The highest BCUT2D eigenvalue weighted by atomic mass is 16.5. The minimum absolute atomic E-state index is 0.187. The molecule has 0 saturated heterocycles. The van der Waals surface area contributed by atoms with Crippen molar-refractivity contribution in [2.24, 2.45) is 5.92 Å². The fourth-order valence-corrected chi connectivity index (χ4v) is 3.47. The lowest BCUT2D eigenvalue weighted by atomic mass is 9.96. The van der Waals surface area contributed by atoms with Crippen LogP contribution in [0.2, 0.25) is 0 Å². The summed E-state index contributed by atoms with van der Waals surface area (Å²) >= 11 is 0. The van der Waals surface area contributed by atoms with Gasteiger partial charge in [0.25, 0.3) is 0 Å². The van der Waals surface area contributed by atoms with E-state index in [1.165, 1.54) is 7.05 Å². The largest absolute Gasteiger partial charge is 0.497 e. The number of hydroxylamine groups is 1. The lowest BCUT2D eigenvalue weighted by molar-refractivity contribution is -0.136. The zero-order chi connectivity index (χ0) is 24.8. The summed E-state index contributed by atoms with van der Waals surface area (Å²) < 4.78 is 10.8. The van der Waals surface area contributed by atoms with Gasteiger partial charge in [0, 0.05) is 25.8 Å². The number of unbranched alkanes of at least 4 members (excludes halogenated alkanes) is 1. The third-order valence-corrected chi connectivity index (χ3v) is 5.36. The summed E-state index contributed by atoms with van der Waals surface area (Å²) in [4.78, 5) is 37.1. The average Bonchev–Trinajstić information content (AvgIpc) is 2.87. The van der Waals surface area contributed by atoms with Crippen LogP contribution in [0.5, 0.6) is 11.5 Å². The fourth-order valence-electron chi connectivity index (χ4n) is 3.47. The second kappa shape index (κ2) is 14.5. The van der Waals surface area contributed by atoms with E-state index >= 15 is 0 Å². The Morgan fingerprint density at radius 1 is 0.941 bits per heavy atom. The predicted octanol–water partition coefficient (Wildman–Crippen LogP) is 2.23. The van der Waals surface area contributed by atoms with Gasteiger partial charge < -0.3 is 20.1 Å². The molecule has 9 heteroatoms. The van der Waals surface area contributed by atoms with Crippen LogP contribution in [0.3, 0.4) is 0 Å². The van der Waals surface area contributed by atoms with Crippen LogP contribution >= 0.6 is 0 Å². The number of hydrogen-bond donors (Lipinski definition) is 4. The van der Waals surface area contributed by atoms with Gasteiger partial charge in [-0.2, -0.15) is 0 Å². The molecule has 0 saturated carbocycles. The van der Waals surface area contributed by atoms with E-state index < -0.39 is 23.8 Å². The van der Waals surface area contributed by atoms with Crippen LogP contribution in [-0.4, -0.2) is 49.7 Å². The number of likely N-dealkylation sites (N-methyl/N-ethyl adjacent to an activating group) is 1. The van der Waals surface area contributed by atoms with E-state index in [1.54, 1.807) is 12.6 Å². The zero-order valence-corrected chi connectivity index (χ0v) is 19.6. The Bertz CT molecular complexity index is 905. The molecular formula is C25H33N3O6. The van der Waals surface area contributed by atoms with E-state index in [0.29, 0.717) is 38.0 Å². The van der Waals surface area contributed by atoms with Crippen LogP contribution in [0.15, 0.2) is 54.6 Å². The number of methoxy groups -OCH3 is 1. The van der Waals surface area contributed by atoms with Gasteiger partial charge in [0.2, 0.25) is 17.7 Å². The van der Waals surface area contributed by atoms with Crippen LogP contribution in [0.1, 0.15) is 31.2 Å². The summed E-state index contributed by atoms with van der Waals surface area (Å²) in [5.74, 6) is -0.639. The highest BCUT2D eigenvalue weighted by molar-refractivity contribution is 5.90. The van der Waals surface area contributed by atoms with Gasteiger partial charge in [-0.25, -0.2) is 5.48 Å².